The highest BCUT2D eigenvalue weighted by molar-refractivity contribution is 5.75. The Bertz CT molecular complexity index is 435. The largest absolute Gasteiger partial charge is 0.459 e. The maximum atomic E-state index is 11.9. The molecule has 0 saturated carbocycles. The van der Waals surface area contributed by atoms with Gasteiger partial charge in [0, 0.05) is 6.04 Å². The number of aryl methyl sites for hydroxylation is 1. The molecule has 1 rings (SSSR count). The van der Waals surface area contributed by atoms with Crippen LogP contribution in [0, 0.1) is 6.92 Å². The van der Waals surface area contributed by atoms with Gasteiger partial charge in [-0.2, -0.15) is 0 Å². The zero-order valence-corrected chi connectivity index (χ0v) is 12.8. The highest BCUT2D eigenvalue weighted by Crippen LogP contribution is 2.18. The monoisotopic (exact) mass is 263 g/mol. The van der Waals surface area contributed by atoms with Crippen molar-refractivity contribution in [3.05, 3.63) is 35.4 Å². The van der Waals surface area contributed by atoms with Crippen molar-refractivity contribution in [1.82, 2.24) is 5.32 Å². The van der Waals surface area contributed by atoms with Crippen molar-refractivity contribution in [2.45, 2.75) is 59.2 Å². The fourth-order valence-corrected chi connectivity index (χ4v) is 2.00. The molecule has 19 heavy (non-hydrogen) atoms. The van der Waals surface area contributed by atoms with Crippen LogP contribution in [0.4, 0.5) is 0 Å². The molecule has 0 saturated heterocycles. The van der Waals surface area contributed by atoms with Crippen LogP contribution in [-0.2, 0) is 9.53 Å². The van der Waals surface area contributed by atoms with Crippen molar-refractivity contribution in [2.24, 2.45) is 0 Å². The first-order valence-electron chi connectivity index (χ1n) is 6.75. The molecule has 0 spiro atoms. The fraction of sp³-hybridized carbons (Fsp3) is 0.562. The highest BCUT2D eigenvalue weighted by atomic mass is 16.6. The SMILES string of the molecule is Cc1ccccc1[C@@H](C)NC(C)C(=O)OC(C)(C)C. The number of benzene rings is 1. The van der Waals surface area contributed by atoms with Gasteiger partial charge in [-0.3, -0.25) is 10.1 Å². The number of esters is 1. The smallest absolute Gasteiger partial charge is 0.323 e. The molecule has 1 aromatic rings. The van der Waals surface area contributed by atoms with Gasteiger partial charge in [-0.25, -0.2) is 0 Å². The van der Waals surface area contributed by atoms with Gasteiger partial charge in [0.25, 0.3) is 0 Å². The molecule has 3 nitrogen and oxygen atoms in total. The Labute approximate surface area is 116 Å². The fourth-order valence-electron chi connectivity index (χ4n) is 2.00. The van der Waals surface area contributed by atoms with Gasteiger partial charge >= 0.3 is 5.97 Å². The summed E-state index contributed by atoms with van der Waals surface area (Å²) in [5.74, 6) is -0.215. The summed E-state index contributed by atoms with van der Waals surface area (Å²) in [5, 5.41) is 3.28. The van der Waals surface area contributed by atoms with Crippen molar-refractivity contribution in [3.8, 4) is 0 Å². The Morgan fingerprint density at radius 3 is 2.32 bits per heavy atom. The van der Waals surface area contributed by atoms with E-state index in [1.54, 1.807) is 0 Å². The van der Waals surface area contributed by atoms with E-state index in [0.717, 1.165) is 0 Å². The molecule has 0 bridgehead atoms. The van der Waals surface area contributed by atoms with Crippen molar-refractivity contribution in [1.29, 1.82) is 0 Å². The van der Waals surface area contributed by atoms with Crippen LogP contribution in [0.3, 0.4) is 0 Å². The maximum Gasteiger partial charge on any atom is 0.323 e. The normalized spacial score (nSPS) is 14.8. The molecule has 0 aliphatic heterocycles. The van der Waals surface area contributed by atoms with Crippen molar-refractivity contribution >= 4 is 5.97 Å². The predicted molar refractivity (Wildman–Crippen MR) is 78.0 cm³/mol. The number of rotatable bonds is 4. The molecule has 0 fully saturated rings. The van der Waals surface area contributed by atoms with Gasteiger partial charge in [0.2, 0.25) is 0 Å². The Morgan fingerprint density at radius 1 is 1.21 bits per heavy atom. The minimum Gasteiger partial charge on any atom is -0.459 e. The predicted octanol–water partition coefficient (Wildman–Crippen LogP) is 3.38. The summed E-state index contributed by atoms with van der Waals surface area (Å²) in [6.45, 7) is 11.6. The van der Waals surface area contributed by atoms with E-state index in [1.165, 1.54) is 11.1 Å². The Kier molecular flexibility index (Phi) is 5.12. The number of ether oxygens (including phenoxy) is 1. The molecule has 0 amide bonds. The minimum absolute atomic E-state index is 0.115. The summed E-state index contributed by atoms with van der Waals surface area (Å²) in [4.78, 5) is 11.9. The van der Waals surface area contributed by atoms with Crippen molar-refractivity contribution < 1.29 is 9.53 Å². The molecule has 1 N–H and O–H groups in total. The summed E-state index contributed by atoms with van der Waals surface area (Å²) in [5.41, 5.74) is 1.98. The van der Waals surface area contributed by atoms with E-state index in [1.807, 2.05) is 39.8 Å². The second-order valence-electron chi connectivity index (χ2n) is 6.00. The Hall–Kier alpha value is -1.35. The van der Waals surface area contributed by atoms with E-state index in [9.17, 15) is 4.79 Å². The van der Waals surface area contributed by atoms with Gasteiger partial charge in [0.05, 0.1) is 0 Å². The van der Waals surface area contributed by atoms with Gasteiger partial charge in [0.1, 0.15) is 11.6 Å². The average Bonchev–Trinajstić information content (AvgIpc) is 2.27. The van der Waals surface area contributed by atoms with E-state index in [2.05, 4.69) is 31.3 Å². The Balaban J connectivity index is 2.64. The van der Waals surface area contributed by atoms with Crippen molar-refractivity contribution in [3.63, 3.8) is 0 Å². The first kappa shape index (κ1) is 15.7. The third-order valence-corrected chi connectivity index (χ3v) is 2.92. The lowest BCUT2D eigenvalue weighted by Gasteiger charge is -2.25. The van der Waals surface area contributed by atoms with Gasteiger partial charge in [-0.1, -0.05) is 24.3 Å². The molecule has 0 aliphatic carbocycles. The van der Waals surface area contributed by atoms with Crippen molar-refractivity contribution in [2.75, 3.05) is 0 Å². The summed E-state index contributed by atoms with van der Waals surface area (Å²) in [6.07, 6.45) is 0. The third-order valence-electron chi connectivity index (χ3n) is 2.92. The van der Waals surface area contributed by atoms with Gasteiger partial charge in [-0.05, 0) is 52.7 Å². The van der Waals surface area contributed by atoms with Gasteiger partial charge in [0.15, 0.2) is 0 Å². The maximum absolute atomic E-state index is 11.9. The van der Waals surface area contributed by atoms with Crippen LogP contribution in [0.15, 0.2) is 24.3 Å². The topological polar surface area (TPSA) is 38.3 Å². The molecule has 0 radical (unpaired) electrons. The van der Waals surface area contributed by atoms with E-state index >= 15 is 0 Å². The van der Waals surface area contributed by atoms with E-state index < -0.39 is 5.60 Å². The molecular formula is C16H25NO2. The van der Waals surface area contributed by atoms with Crippen LogP contribution in [0.5, 0.6) is 0 Å². The first-order chi connectivity index (χ1) is 8.70. The lowest BCUT2D eigenvalue weighted by Crippen LogP contribution is -2.40. The van der Waals surface area contributed by atoms with E-state index in [0.29, 0.717) is 0 Å². The lowest BCUT2D eigenvalue weighted by molar-refractivity contribution is -0.157. The van der Waals surface area contributed by atoms with Crippen LogP contribution in [0.1, 0.15) is 51.8 Å². The Morgan fingerprint density at radius 2 is 1.79 bits per heavy atom. The average molecular weight is 263 g/mol. The number of carbonyl (C=O) groups is 1. The van der Waals surface area contributed by atoms with Gasteiger partial charge < -0.3 is 4.74 Å². The number of nitrogens with one attached hydrogen (secondary N) is 1. The van der Waals surface area contributed by atoms with Crippen LogP contribution in [-0.4, -0.2) is 17.6 Å². The summed E-state index contributed by atoms with van der Waals surface area (Å²) >= 11 is 0. The van der Waals surface area contributed by atoms with Crippen LogP contribution >= 0.6 is 0 Å². The molecule has 1 unspecified atom stereocenters. The molecule has 0 aromatic heterocycles. The quantitative estimate of drug-likeness (QED) is 0.846. The van der Waals surface area contributed by atoms with Crippen LogP contribution in [0.25, 0.3) is 0 Å². The molecule has 2 atom stereocenters. The number of carbonyl (C=O) groups excluding carboxylic acids is 1. The van der Waals surface area contributed by atoms with Crippen LogP contribution in [0.2, 0.25) is 0 Å². The van der Waals surface area contributed by atoms with E-state index in [-0.39, 0.29) is 18.1 Å². The zero-order valence-electron chi connectivity index (χ0n) is 12.8. The second kappa shape index (κ2) is 6.20. The number of hydrogen-bond acceptors (Lipinski definition) is 3. The molecular weight excluding hydrogens is 238 g/mol. The first-order valence-corrected chi connectivity index (χ1v) is 6.75. The lowest BCUT2D eigenvalue weighted by atomic mass is 10.0. The summed E-state index contributed by atoms with van der Waals surface area (Å²) in [7, 11) is 0. The summed E-state index contributed by atoms with van der Waals surface area (Å²) < 4.78 is 5.37. The molecule has 1 aromatic carbocycles. The highest BCUT2D eigenvalue weighted by Gasteiger charge is 2.23. The van der Waals surface area contributed by atoms with Crippen LogP contribution < -0.4 is 5.32 Å². The standard InChI is InChI=1S/C16H25NO2/c1-11-9-7-8-10-14(11)12(2)17-13(3)15(18)19-16(4,5)6/h7-10,12-13,17H,1-6H3/t12-,13?/m1/s1. The molecule has 0 heterocycles. The molecule has 106 valence electrons. The minimum atomic E-state index is -0.446. The summed E-state index contributed by atoms with van der Waals surface area (Å²) in [6, 6.07) is 7.97. The molecule has 3 heteroatoms. The van der Waals surface area contributed by atoms with E-state index in [4.69, 9.17) is 4.74 Å². The number of hydrogen-bond donors (Lipinski definition) is 1. The van der Waals surface area contributed by atoms with Gasteiger partial charge in [-0.15, -0.1) is 0 Å². The third kappa shape index (κ3) is 5.03. The molecule has 0 aliphatic rings. The zero-order chi connectivity index (χ0) is 14.6. The second-order valence-corrected chi connectivity index (χ2v) is 6.00.